The third-order valence-electron chi connectivity index (χ3n) is 1.47. The van der Waals surface area contributed by atoms with Gasteiger partial charge in [0.05, 0.1) is 0 Å². The van der Waals surface area contributed by atoms with Gasteiger partial charge in [0.1, 0.15) is 6.23 Å². The van der Waals surface area contributed by atoms with Crippen LogP contribution in [-0.2, 0) is 4.74 Å². The fourth-order valence-corrected chi connectivity index (χ4v) is 0.950. The first kappa shape index (κ1) is 10.2. The highest BCUT2D eigenvalue weighted by Crippen LogP contribution is 1.96. The van der Waals surface area contributed by atoms with Gasteiger partial charge in [-0.3, -0.25) is 4.90 Å². The first-order chi connectivity index (χ1) is 4.72. The lowest BCUT2D eigenvalue weighted by Gasteiger charge is -2.22. The molecule has 0 aliphatic rings. The van der Waals surface area contributed by atoms with Gasteiger partial charge in [-0.1, -0.05) is 0 Å². The summed E-state index contributed by atoms with van der Waals surface area (Å²) in [4.78, 5) is 2.08. The van der Waals surface area contributed by atoms with Crippen LogP contribution in [0.25, 0.3) is 0 Å². The van der Waals surface area contributed by atoms with Gasteiger partial charge in [-0.25, -0.2) is 0 Å². The molecule has 62 valence electrons. The van der Waals surface area contributed by atoms with Crippen LogP contribution in [0.3, 0.4) is 0 Å². The lowest BCUT2D eigenvalue weighted by Crippen LogP contribution is -2.32. The number of nitrogens with zero attached hydrogens (tertiary/aromatic N) is 1. The Kier molecular flexibility index (Phi) is 6.08. The van der Waals surface area contributed by atoms with Crippen LogP contribution in [-0.4, -0.2) is 37.2 Å². The van der Waals surface area contributed by atoms with Crippen molar-refractivity contribution >= 4 is 11.6 Å². The van der Waals surface area contributed by atoms with E-state index in [4.69, 9.17) is 16.3 Å². The third-order valence-corrected chi connectivity index (χ3v) is 1.63. The molecule has 3 heteroatoms. The predicted octanol–water partition coefficient (Wildman–Crippen LogP) is 1.54. The minimum Gasteiger partial charge on any atom is -0.364 e. The fourth-order valence-electron chi connectivity index (χ4n) is 0.684. The number of halogens is 1. The zero-order chi connectivity index (χ0) is 7.98. The second kappa shape index (κ2) is 5.96. The van der Waals surface area contributed by atoms with Gasteiger partial charge in [-0.2, -0.15) is 0 Å². The largest absolute Gasteiger partial charge is 0.364 e. The summed E-state index contributed by atoms with van der Waals surface area (Å²) in [7, 11) is 2.00. The normalized spacial score (nSPS) is 14.1. The Morgan fingerprint density at radius 2 is 2.20 bits per heavy atom. The van der Waals surface area contributed by atoms with Crippen molar-refractivity contribution in [2.75, 3.05) is 26.1 Å². The molecule has 2 nitrogen and oxygen atoms in total. The molecule has 0 radical (unpaired) electrons. The maximum absolute atomic E-state index is 5.54. The van der Waals surface area contributed by atoms with E-state index < -0.39 is 0 Å². The van der Waals surface area contributed by atoms with Crippen molar-refractivity contribution < 1.29 is 4.74 Å². The summed E-state index contributed by atoms with van der Waals surface area (Å²) in [6, 6.07) is 0. The summed E-state index contributed by atoms with van der Waals surface area (Å²) < 4.78 is 5.32. The molecule has 0 aliphatic carbocycles. The monoisotopic (exact) mass is 165 g/mol. The van der Waals surface area contributed by atoms with E-state index in [-0.39, 0.29) is 6.23 Å². The number of alkyl halides is 1. The average Bonchev–Trinajstić information content (AvgIpc) is 1.89. The summed E-state index contributed by atoms with van der Waals surface area (Å²) >= 11 is 5.54. The smallest absolute Gasteiger partial charge is 0.107 e. The third kappa shape index (κ3) is 4.09. The first-order valence-electron chi connectivity index (χ1n) is 3.60. The van der Waals surface area contributed by atoms with Crippen molar-refractivity contribution in [1.29, 1.82) is 0 Å². The average molecular weight is 166 g/mol. The van der Waals surface area contributed by atoms with E-state index in [1.165, 1.54) is 0 Å². The highest BCUT2D eigenvalue weighted by molar-refractivity contribution is 6.18. The molecular weight excluding hydrogens is 150 g/mol. The van der Waals surface area contributed by atoms with E-state index in [2.05, 4.69) is 4.90 Å². The Balaban J connectivity index is 3.38. The quantitative estimate of drug-likeness (QED) is 0.453. The summed E-state index contributed by atoms with van der Waals surface area (Å²) in [5, 5.41) is 0. The van der Waals surface area contributed by atoms with Gasteiger partial charge < -0.3 is 4.74 Å². The van der Waals surface area contributed by atoms with Crippen LogP contribution in [0.1, 0.15) is 13.8 Å². The molecule has 0 aliphatic heterocycles. The Bertz CT molecular complexity index is 70.0. The molecule has 0 bridgehead atoms. The molecule has 0 rings (SSSR count). The van der Waals surface area contributed by atoms with Gasteiger partial charge in [-0.05, 0) is 20.9 Å². The van der Waals surface area contributed by atoms with E-state index in [9.17, 15) is 0 Å². The Labute approximate surface area is 68.1 Å². The number of hydrogen-bond donors (Lipinski definition) is 0. The molecule has 0 aromatic heterocycles. The molecule has 0 aromatic carbocycles. The van der Waals surface area contributed by atoms with Crippen molar-refractivity contribution in [3.8, 4) is 0 Å². The van der Waals surface area contributed by atoms with Crippen LogP contribution in [0.4, 0.5) is 0 Å². The van der Waals surface area contributed by atoms with Crippen LogP contribution in [0, 0.1) is 0 Å². The number of ether oxygens (including phenoxy) is 1. The molecule has 0 aromatic rings. The zero-order valence-corrected chi connectivity index (χ0v) is 7.69. The Hall–Kier alpha value is 0.210. The summed E-state index contributed by atoms with van der Waals surface area (Å²) in [5.74, 6) is 0.661. The highest BCUT2D eigenvalue weighted by atomic mass is 35.5. The lowest BCUT2D eigenvalue weighted by molar-refractivity contribution is -0.0258. The minimum atomic E-state index is 0.184. The molecule has 1 unspecified atom stereocenters. The summed E-state index contributed by atoms with van der Waals surface area (Å²) in [5.41, 5.74) is 0. The maximum atomic E-state index is 5.54. The van der Waals surface area contributed by atoms with Crippen LogP contribution < -0.4 is 0 Å². The molecule has 0 amide bonds. The van der Waals surface area contributed by atoms with Gasteiger partial charge in [0.25, 0.3) is 0 Å². The van der Waals surface area contributed by atoms with E-state index in [0.717, 1.165) is 13.2 Å². The van der Waals surface area contributed by atoms with Crippen molar-refractivity contribution in [3.05, 3.63) is 0 Å². The van der Waals surface area contributed by atoms with Crippen LogP contribution in [0.2, 0.25) is 0 Å². The van der Waals surface area contributed by atoms with Crippen LogP contribution >= 0.6 is 11.6 Å². The molecule has 1 atom stereocenters. The van der Waals surface area contributed by atoms with Gasteiger partial charge in [0.15, 0.2) is 0 Å². The molecule has 0 fully saturated rings. The SMILES string of the molecule is CCOC(C)N(C)CCCl. The molecule has 0 N–H and O–H groups in total. The van der Waals surface area contributed by atoms with Gasteiger partial charge in [-0.15, -0.1) is 11.6 Å². The second-order valence-electron chi connectivity index (χ2n) is 2.22. The highest BCUT2D eigenvalue weighted by Gasteiger charge is 2.05. The molecule has 10 heavy (non-hydrogen) atoms. The van der Waals surface area contributed by atoms with E-state index in [1.807, 2.05) is 20.9 Å². The van der Waals surface area contributed by atoms with Gasteiger partial charge >= 0.3 is 0 Å². The summed E-state index contributed by atoms with van der Waals surface area (Å²) in [6.07, 6.45) is 0.184. The van der Waals surface area contributed by atoms with E-state index in [0.29, 0.717) is 5.88 Å². The minimum absolute atomic E-state index is 0.184. The lowest BCUT2D eigenvalue weighted by atomic mass is 10.5. The maximum Gasteiger partial charge on any atom is 0.107 e. The van der Waals surface area contributed by atoms with Crippen molar-refractivity contribution in [1.82, 2.24) is 4.90 Å². The van der Waals surface area contributed by atoms with E-state index >= 15 is 0 Å². The van der Waals surface area contributed by atoms with Crippen LogP contribution in [0.15, 0.2) is 0 Å². The molecule has 0 saturated carbocycles. The van der Waals surface area contributed by atoms with E-state index in [1.54, 1.807) is 0 Å². The van der Waals surface area contributed by atoms with Crippen LogP contribution in [0.5, 0.6) is 0 Å². The molecule has 0 spiro atoms. The fraction of sp³-hybridized carbons (Fsp3) is 1.00. The zero-order valence-electron chi connectivity index (χ0n) is 6.93. The second-order valence-corrected chi connectivity index (χ2v) is 2.60. The van der Waals surface area contributed by atoms with Crippen molar-refractivity contribution in [2.24, 2.45) is 0 Å². The number of hydrogen-bond acceptors (Lipinski definition) is 2. The number of rotatable bonds is 5. The standard InChI is InChI=1S/C7H16ClNO/c1-4-10-7(2)9(3)6-5-8/h7H,4-6H2,1-3H3. The van der Waals surface area contributed by atoms with Gasteiger partial charge in [0.2, 0.25) is 0 Å². The Morgan fingerprint density at radius 3 is 2.60 bits per heavy atom. The Morgan fingerprint density at radius 1 is 1.60 bits per heavy atom. The van der Waals surface area contributed by atoms with Crippen molar-refractivity contribution in [3.63, 3.8) is 0 Å². The molecule has 0 heterocycles. The topological polar surface area (TPSA) is 12.5 Å². The van der Waals surface area contributed by atoms with Gasteiger partial charge in [0, 0.05) is 19.0 Å². The first-order valence-corrected chi connectivity index (χ1v) is 4.13. The van der Waals surface area contributed by atoms with Crippen molar-refractivity contribution in [2.45, 2.75) is 20.1 Å². The molecule has 0 saturated heterocycles. The molecular formula is C7H16ClNO. The summed E-state index contributed by atoms with van der Waals surface area (Å²) in [6.45, 7) is 5.65. The predicted molar refractivity (Wildman–Crippen MR) is 44.4 cm³/mol.